The van der Waals surface area contributed by atoms with Crippen molar-refractivity contribution < 1.29 is 13.2 Å². The number of sulfonamides is 1. The van der Waals surface area contributed by atoms with Gasteiger partial charge in [-0.2, -0.15) is 5.10 Å². The van der Waals surface area contributed by atoms with Crippen molar-refractivity contribution in [3.05, 3.63) is 76.6 Å². The van der Waals surface area contributed by atoms with E-state index in [1.807, 2.05) is 31.3 Å². The van der Waals surface area contributed by atoms with E-state index in [1.165, 1.54) is 28.2 Å². The molecule has 1 heterocycles. The van der Waals surface area contributed by atoms with Gasteiger partial charge in [-0.3, -0.25) is 4.68 Å². The Balaban J connectivity index is 0.00000324. The normalized spacial score (nSPS) is 17.6. The van der Waals surface area contributed by atoms with Gasteiger partial charge in [-0.1, -0.05) is 35.9 Å². The molecule has 2 atom stereocenters. The van der Waals surface area contributed by atoms with Gasteiger partial charge < -0.3 is 10.1 Å². The van der Waals surface area contributed by atoms with Crippen molar-refractivity contribution in [1.29, 1.82) is 0 Å². The summed E-state index contributed by atoms with van der Waals surface area (Å²) in [4.78, 5) is 0.138. The first-order valence-electron chi connectivity index (χ1n) is 11.0. The number of aromatic nitrogens is 2. The fourth-order valence-electron chi connectivity index (χ4n) is 4.43. The molecule has 0 spiro atoms. The molecule has 2 aromatic carbocycles. The second kappa shape index (κ2) is 11.6. The minimum Gasteiger partial charge on any atom is -0.492 e. The first-order chi connectivity index (χ1) is 15.9. The molecule has 0 amide bonds. The summed E-state index contributed by atoms with van der Waals surface area (Å²) in [5.41, 5.74) is 3.71. The molecule has 2 N–H and O–H groups in total. The van der Waals surface area contributed by atoms with Crippen LogP contribution in [0.2, 0.25) is 5.02 Å². The summed E-state index contributed by atoms with van der Waals surface area (Å²) in [5.74, 6) is 1.00. The summed E-state index contributed by atoms with van der Waals surface area (Å²) in [6, 6.07) is 14.5. The molecule has 1 aliphatic rings. The van der Waals surface area contributed by atoms with Crippen LogP contribution in [0, 0.1) is 0 Å². The van der Waals surface area contributed by atoms with Crippen LogP contribution in [-0.4, -0.2) is 44.4 Å². The van der Waals surface area contributed by atoms with Gasteiger partial charge in [0.2, 0.25) is 10.0 Å². The smallest absolute Gasteiger partial charge is 0.243 e. The van der Waals surface area contributed by atoms with Crippen molar-refractivity contribution >= 4 is 34.0 Å². The fraction of sp³-hybridized carbons (Fsp3) is 0.375. The van der Waals surface area contributed by atoms with Crippen molar-refractivity contribution in [3.63, 3.8) is 0 Å². The third-order valence-electron chi connectivity index (χ3n) is 6.15. The average molecular weight is 526 g/mol. The van der Waals surface area contributed by atoms with Crippen molar-refractivity contribution in [2.24, 2.45) is 7.05 Å². The van der Waals surface area contributed by atoms with Crippen LogP contribution in [0.1, 0.15) is 29.0 Å². The fourth-order valence-corrected chi connectivity index (χ4v) is 5.64. The number of halogens is 2. The van der Waals surface area contributed by atoms with Crippen LogP contribution >= 0.6 is 24.0 Å². The number of nitrogens with one attached hydrogen (secondary N) is 2. The lowest BCUT2D eigenvalue weighted by atomic mass is 9.76. The van der Waals surface area contributed by atoms with Crippen LogP contribution in [0.3, 0.4) is 0 Å². The van der Waals surface area contributed by atoms with E-state index in [9.17, 15) is 8.42 Å². The summed E-state index contributed by atoms with van der Waals surface area (Å²) in [6.07, 6.45) is 5.69. The molecule has 10 heteroatoms. The molecule has 184 valence electrons. The molecule has 0 saturated carbocycles. The van der Waals surface area contributed by atoms with Gasteiger partial charge in [-0.05, 0) is 61.2 Å². The molecule has 3 aromatic rings. The molecule has 0 saturated heterocycles. The first kappa shape index (κ1) is 26.5. The Morgan fingerprint density at radius 2 is 2.03 bits per heavy atom. The third kappa shape index (κ3) is 6.12. The predicted octanol–water partition coefficient (Wildman–Crippen LogP) is 3.71. The highest BCUT2D eigenvalue weighted by atomic mass is 35.5. The van der Waals surface area contributed by atoms with E-state index in [1.54, 1.807) is 7.05 Å². The van der Waals surface area contributed by atoms with Crippen LogP contribution in [0.5, 0.6) is 5.75 Å². The quantitative estimate of drug-likeness (QED) is 0.416. The number of likely N-dealkylation sites (N-methyl/N-ethyl adjacent to an activating group) is 1. The average Bonchev–Trinajstić information content (AvgIpc) is 3.26. The third-order valence-corrected chi connectivity index (χ3v) is 7.93. The highest BCUT2D eigenvalue weighted by Crippen LogP contribution is 2.37. The number of hydrogen-bond acceptors (Lipinski definition) is 5. The van der Waals surface area contributed by atoms with E-state index in [4.69, 9.17) is 16.3 Å². The van der Waals surface area contributed by atoms with Gasteiger partial charge in [0.05, 0.1) is 6.20 Å². The zero-order chi connectivity index (χ0) is 23.4. The van der Waals surface area contributed by atoms with Gasteiger partial charge >= 0.3 is 0 Å². The lowest BCUT2D eigenvalue weighted by Crippen LogP contribution is -2.37. The zero-order valence-corrected chi connectivity index (χ0v) is 21.6. The number of benzene rings is 2. The highest BCUT2D eigenvalue weighted by molar-refractivity contribution is 7.89. The number of aryl methyl sites for hydroxylation is 2. The summed E-state index contributed by atoms with van der Waals surface area (Å²) < 4.78 is 34.6. The topological polar surface area (TPSA) is 85.2 Å². The van der Waals surface area contributed by atoms with Crippen LogP contribution in [0.25, 0.3) is 0 Å². The SMILES string of the molecule is CNC1CCc2ccc(OCCNS(=O)(=O)c3cnn(C)c3)cc2C1Cc1ccccc1Cl.Cl. The largest absolute Gasteiger partial charge is 0.492 e. The maximum Gasteiger partial charge on any atom is 0.243 e. The zero-order valence-electron chi connectivity index (χ0n) is 19.2. The van der Waals surface area contributed by atoms with Crippen molar-refractivity contribution in [1.82, 2.24) is 19.8 Å². The molecule has 4 rings (SSSR count). The van der Waals surface area contributed by atoms with Gasteiger partial charge in [0.1, 0.15) is 17.3 Å². The molecular formula is C24H30Cl2N4O3S. The van der Waals surface area contributed by atoms with Gasteiger partial charge in [0.15, 0.2) is 0 Å². The molecular weight excluding hydrogens is 495 g/mol. The monoisotopic (exact) mass is 524 g/mol. The Bertz CT molecular complexity index is 1220. The van der Waals surface area contributed by atoms with Crippen LogP contribution in [0.4, 0.5) is 0 Å². The molecule has 1 aromatic heterocycles. The van der Waals surface area contributed by atoms with Crippen molar-refractivity contribution in [2.75, 3.05) is 20.2 Å². The summed E-state index contributed by atoms with van der Waals surface area (Å²) >= 11 is 6.45. The van der Waals surface area contributed by atoms with Crippen LogP contribution < -0.4 is 14.8 Å². The maximum atomic E-state index is 12.3. The summed E-state index contributed by atoms with van der Waals surface area (Å²) in [6.45, 7) is 0.388. The van der Waals surface area contributed by atoms with E-state index >= 15 is 0 Å². The molecule has 34 heavy (non-hydrogen) atoms. The molecule has 1 aliphatic carbocycles. The maximum absolute atomic E-state index is 12.3. The Morgan fingerprint density at radius 3 is 2.74 bits per heavy atom. The first-order valence-corrected chi connectivity index (χ1v) is 12.9. The van der Waals surface area contributed by atoms with E-state index in [2.05, 4.69) is 33.3 Å². The van der Waals surface area contributed by atoms with Crippen LogP contribution in [-0.2, 0) is 29.9 Å². The van der Waals surface area contributed by atoms with E-state index in [-0.39, 0.29) is 36.4 Å². The predicted molar refractivity (Wildman–Crippen MR) is 137 cm³/mol. The summed E-state index contributed by atoms with van der Waals surface area (Å²) in [5, 5.41) is 8.17. The number of fused-ring (bicyclic) bond motifs is 1. The van der Waals surface area contributed by atoms with E-state index < -0.39 is 10.0 Å². The molecule has 2 unspecified atom stereocenters. The second-order valence-corrected chi connectivity index (χ2v) is 10.5. The van der Waals surface area contributed by atoms with Crippen molar-refractivity contribution in [2.45, 2.75) is 36.1 Å². The Morgan fingerprint density at radius 1 is 1.24 bits per heavy atom. The molecule has 0 bridgehead atoms. The molecule has 0 fully saturated rings. The standard InChI is InChI=1S/C24H29ClN4O3S.ClH/c1-26-24-10-8-17-7-9-19(14-21(17)22(24)13-18-5-3-4-6-23(18)25)32-12-11-28-33(30,31)20-15-27-29(2)16-20;/h3-7,9,14-16,22,24,26,28H,8,10-13H2,1-2H3;1H. The van der Waals surface area contributed by atoms with Crippen LogP contribution in [0.15, 0.2) is 59.8 Å². The van der Waals surface area contributed by atoms with E-state index in [0.717, 1.165) is 35.6 Å². The minimum atomic E-state index is -3.60. The number of ether oxygens (including phenoxy) is 1. The van der Waals surface area contributed by atoms with Gasteiger partial charge in [-0.25, -0.2) is 13.1 Å². The number of nitrogens with zero attached hydrogens (tertiary/aromatic N) is 2. The molecule has 0 radical (unpaired) electrons. The second-order valence-electron chi connectivity index (χ2n) is 8.29. The lowest BCUT2D eigenvalue weighted by molar-refractivity contribution is 0.320. The summed E-state index contributed by atoms with van der Waals surface area (Å²) in [7, 11) is 0.0799. The van der Waals surface area contributed by atoms with Gasteiger partial charge in [0.25, 0.3) is 0 Å². The Hall–Kier alpha value is -2.10. The van der Waals surface area contributed by atoms with Crippen molar-refractivity contribution in [3.8, 4) is 5.75 Å². The minimum absolute atomic E-state index is 0. The number of rotatable bonds is 9. The molecule has 7 nitrogen and oxygen atoms in total. The van der Waals surface area contributed by atoms with Gasteiger partial charge in [0, 0.05) is 36.8 Å². The lowest BCUT2D eigenvalue weighted by Gasteiger charge is -2.34. The highest BCUT2D eigenvalue weighted by Gasteiger charge is 2.29. The Labute approximate surface area is 212 Å². The molecule has 0 aliphatic heterocycles. The van der Waals surface area contributed by atoms with E-state index in [0.29, 0.717) is 6.04 Å². The Kier molecular flexibility index (Phi) is 9.01. The van der Waals surface area contributed by atoms with Gasteiger partial charge in [-0.15, -0.1) is 12.4 Å². The number of hydrogen-bond donors (Lipinski definition) is 2.